The molecule has 0 atom stereocenters. The lowest BCUT2D eigenvalue weighted by atomic mass is 10.3. The molecule has 1 N–H and O–H groups in total. The first-order valence-electron chi connectivity index (χ1n) is 6.42. The molecule has 0 amide bonds. The standard InChI is InChI=1S/C14H10N6OS2/c1-21-11-5-3-2-4-9(11)18-13-19-20-14(23-13)22-12-10(8-15)16-6-7-17-12/h2-7H,1H3,(H,18,19). The summed E-state index contributed by atoms with van der Waals surface area (Å²) in [5.74, 6) is 0.720. The molecule has 3 aromatic rings. The molecule has 0 fully saturated rings. The van der Waals surface area contributed by atoms with Crippen molar-refractivity contribution in [3.63, 3.8) is 0 Å². The summed E-state index contributed by atoms with van der Waals surface area (Å²) < 4.78 is 5.95. The van der Waals surface area contributed by atoms with E-state index >= 15 is 0 Å². The van der Waals surface area contributed by atoms with Gasteiger partial charge < -0.3 is 10.1 Å². The topological polar surface area (TPSA) is 96.6 Å². The molecule has 1 aromatic carbocycles. The highest BCUT2D eigenvalue weighted by Crippen LogP contribution is 2.34. The summed E-state index contributed by atoms with van der Waals surface area (Å²) in [5.41, 5.74) is 1.08. The van der Waals surface area contributed by atoms with E-state index in [9.17, 15) is 0 Å². The van der Waals surface area contributed by atoms with Gasteiger partial charge in [0, 0.05) is 12.4 Å². The van der Waals surface area contributed by atoms with Gasteiger partial charge >= 0.3 is 0 Å². The highest BCUT2D eigenvalue weighted by Gasteiger charge is 2.12. The summed E-state index contributed by atoms with van der Waals surface area (Å²) in [6.07, 6.45) is 3.02. The van der Waals surface area contributed by atoms with Crippen LogP contribution in [-0.4, -0.2) is 27.3 Å². The molecular weight excluding hydrogens is 332 g/mol. The number of anilines is 2. The maximum absolute atomic E-state index is 9.03. The minimum Gasteiger partial charge on any atom is -0.495 e. The van der Waals surface area contributed by atoms with Crippen LogP contribution in [0, 0.1) is 11.3 Å². The summed E-state index contributed by atoms with van der Waals surface area (Å²) in [5, 5.41) is 21.5. The Labute approximate surface area is 140 Å². The lowest BCUT2D eigenvalue weighted by Crippen LogP contribution is -1.93. The average Bonchev–Trinajstić information content (AvgIpc) is 3.03. The van der Waals surface area contributed by atoms with Crippen LogP contribution in [0.5, 0.6) is 5.75 Å². The van der Waals surface area contributed by atoms with Gasteiger partial charge in [-0.2, -0.15) is 5.26 Å². The number of methoxy groups -OCH3 is 1. The Morgan fingerprint density at radius 1 is 1.22 bits per heavy atom. The van der Waals surface area contributed by atoms with Crippen LogP contribution in [-0.2, 0) is 0 Å². The predicted molar refractivity (Wildman–Crippen MR) is 87.1 cm³/mol. The second-order valence-corrected chi connectivity index (χ2v) is 6.34. The molecule has 2 heterocycles. The van der Waals surface area contributed by atoms with Gasteiger partial charge in [0.1, 0.15) is 16.8 Å². The van der Waals surface area contributed by atoms with Crippen LogP contribution in [0.25, 0.3) is 0 Å². The Balaban J connectivity index is 1.77. The number of hydrogen-bond donors (Lipinski definition) is 1. The van der Waals surface area contributed by atoms with E-state index in [-0.39, 0.29) is 5.69 Å². The van der Waals surface area contributed by atoms with Crippen molar-refractivity contribution >= 4 is 33.9 Å². The summed E-state index contributed by atoms with van der Waals surface area (Å²) in [4.78, 5) is 8.11. The zero-order valence-electron chi connectivity index (χ0n) is 11.9. The first kappa shape index (κ1) is 15.2. The molecule has 0 unspecified atom stereocenters. The second kappa shape index (κ2) is 7.04. The number of rotatable bonds is 5. The molecule has 23 heavy (non-hydrogen) atoms. The number of para-hydroxylation sites is 2. The van der Waals surface area contributed by atoms with Crippen LogP contribution in [0.1, 0.15) is 5.69 Å². The van der Waals surface area contributed by atoms with Crippen molar-refractivity contribution in [3.8, 4) is 11.8 Å². The van der Waals surface area contributed by atoms with E-state index in [2.05, 4.69) is 25.5 Å². The van der Waals surface area contributed by atoms with Gasteiger partial charge in [0.25, 0.3) is 0 Å². The zero-order valence-corrected chi connectivity index (χ0v) is 13.6. The van der Waals surface area contributed by atoms with E-state index in [0.29, 0.717) is 14.5 Å². The second-order valence-electron chi connectivity index (χ2n) is 4.12. The van der Waals surface area contributed by atoms with Gasteiger partial charge in [-0.1, -0.05) is 23.5 Å². The lowest BCUT2D eigenvalue weighted by molar-refractivity contribution is 0.417. The fourth-order valence-corrected chi connectivity index (χ4v) is 3.41. The summed E-state index contributed by atoms with van der Waals surface area (Å²) in [6, 6.07) is 9.55. The predicted octanol–water partition coefficient (Wildman–Crippen LogP) is 3.10. The normalized spacial score (nSPS) is 10.1. The van der Waals surface area contributed by atoms with Crippen molar-refractivity contribution in [1.29, 1.82) is 5.26 Å². The van der Waals surface area contributed by atoms with E-state index in [1.54, 1.807) is 7.11 Å². The minimum absolute atomic E-state index is 0.270. The van der Waals surface area contributed by atoms with Gasteiger partial charge in [-0.25, -0.2) is 9.97 Å². The van der Waals surface area contributed by atoms with E-state index in [0.717, 1.165) is 11.4 Å². The molecule has 0 saturated carbocycles. The van der Waals surface area contributed by atoms with Crippen molar-refractivity contribution in [2.45, 2.75) is 9.37 Å². The number of nitrogens with one attached hydrogen (secondary N) is 1. The van der Waals surface area contributed by atoms with E-state index < -0.39 is 0 Å². The van der Waals surface area contributed by atoms with Crippen molar-refractivity contribution in [2.75, 3.05) is 12.4 Å². The fourth-order valence-electron chi connectivity index (χ4n) is 1.72. The Morgan fingerprint density at radius 3 is 2.87 bits per heavy atom. The first-order valence-corrected chi connectivity index (χ1v) is 8.06. The number of ether oxygens (including phenoxy) is 1. The highest BCUT2D eigenvalue weighted by atomic mass is 32.2. The van der Waals surface area contributed by atoms with Crippen LogP contribution >= 0.6 is 23.1 Å². The third kappa shape index (κ3) is 3.56. The van der Waals surface area contributed by atoms with Crippen molar-refractivity contribution in [2.24, 2.45) is 0 Å². The van der Waals surface area contributed by atoms with E-state index in [1.807, 2.05) is 30.3 Å². The molecule has 0 saturated heterocycles. The van der Waals surface area contributed by atoms with Gasteiger partial charge in [0.2, 0.25) is 5.13 Å². The van der Waals surface area contributed by atoms with E-state index in [1.165, 1.54) is 35.5 Å². The molecule has 7 nitrogen and oxygen atoms in total. The Hall–Kier alpha value is -2.70. The first-order chi connectivity index (χ1) is 11.3. The highest BCUT2D eigenvalue weighted by molar-refractivity contribution is 8.01. The molecule has 2 aromatic heterocycles. The lowest BCUT2D eigenvalue weighted by Gasteiger charge is -2.07. The minimum atomic E-state index is 0.270. The van der Waals surface area contributed by atoms with Gasteiger partial charge in [-0.05, 0) is 23.9 Å². The maximum Gasteiger partial charge on any atom is 0.211 e. The van der Waals surface area contributed by atoms with Crippen LogP contribution < -0.4 is 10.1 Å². The third-order valence-corrected chi connectivity index (χ3v) is 4.59. The van der Waals surface area contributed by atoms with Crippen LogP contribution in [0.2, 0.25) is 0 Å². The number of aromatic nitrogens is 4. The molecule has 0 bridgehead atoms. The Kier molecular flexibility index (Phi) is 4.65. The molecular formula is C14H10N6OS2. The molecule has 3 rings (SSSR count). The zero-order chi connectivity index (χ0) is 16.1. The van der Waals surface area contributed by atoms with Crippen LogP contribution in [0.3, 0.4) is 0 Å². The largest absolute Gasteiger partial charge is 0.495 e. The van der Waals surface area contributed by atoms with Crippen LogP contribution in [0.15, 0.2) is 46.0 Å². The Morgan fingerprint density at radius 2 is 2.04 bits per heavy atom. The van der Waals surface area contributed by atoms with Gasteiger partial charge in [0.05, 0.1) is 12.8 Å². The average molecular weight is 342 g/mol. The quantitative estimate of drug-likeness (QED) is 0.755. The molecule has 0 spiro atoms. The summed E-state index contributed by atoms with van der Waals surface area (Å²) >= 11 is 2.62. The smallest absolute Gasteiger partial charge is 0.211 e. The van der Waals surface area contributed by atoms with E-state index in [4.69, 9.17) is 10.00 Å². The van der Waals surface area contributed by atoms with Crippen LogP contribution in [0.4, 0.5) is 10.8 Å². The van der Waals surface area contributed by atoms with Crippen molar-refractivity contribution in [1.82, 2.24) is 20.2 Å². The van der Waals surface area contributed by atoms with Gasteiger partial charge in [0.15, 0.2) is 10.0 Å². The number of nitriles is 1. The molecule has 114 valence electrons. The Bertz CT molecular complexity index is 860. The molecule has 0 aliphatic carbocycles. The molecule has 0 aliphatic rings. The molecule has 9 heteroatoms. The SMILES string of the molecule is COc1ccccc1Nc1nnc(Sc2nccnc2C#N)s1. The van der Waals surface area contributed by atoms with Gasteiger partial charge in [-0.15, -0.1) is 10.2 Å². The third-order valence-electron chi connectivity index (χ3n) is 2.71. The number of nitrogens with zero attached hydrogens (tertiary/aromatic N) is 5. The molecule has 0 radical (unpaired) electrons. The van der Waals surface area contributed by atoms with Crippen molar-refractivity contribution in [3.05, 3.63) is 42.4 Å². The molecule has 0 aliphatic heterocycles. The van der Waals surface area contributed by atoms with Gasteiger partial charge in [-0.3, -0.25) is 0 Å². The number of benzene rings is 1. The number of hydrogen-bond acceptors (Lipinski definition) is 9. The maximum atomic E-state index is 9.03. The summed E-state index contributed by atoms with van der Waals surface area (Å²) in [7, 11) is 1.61. The monoisotopic (exact) mass is 342 g/mol. The summed E-state index contributed by atoms with van der Waals surface area (Å²) in [6.45, 7) is 0. The van der Waals surface area contributed by atoms with Crippen molar-refractivity contribution < 1.29 is 4.74 Å². The fraction of sp³-hybridized carbons (Fsp3) is 0.0714.